The number of ether oxygens (including phenoxy) is 1. The zero-order valence-electron chi connectivity index (χ0n) is 9.36. The lowest BCUT2D eigenvalue weighted by Gasteiger charge is -2.10. The van der Waals surface area contributed by atoms with Crippen molar-refractivity contribution < 1.29 is 4.74 Å². The number of nitrogens with zero attached hydrogens (tertiary/aromatic N) is 3. The molecular formula is C10H18N4O. The Morgan fingerprint density at radius 3 is 2.93 bits per heavy atom. The first-order valence-electron chi connectivity index (χ1n) is 5.61. The van der Waals surface area contributed by atoms with E-state index in [4.69, 9.17) is 4.74 Å². The van der Waals surface area contributed by atoms with Gasteiger partial charge in [-0.1, -0.05) is 0 Å². The second kappa shape index (κ2) is 4.61. The van der Waals surface area contributed by atoms with Crippen LogP contribution in [0.4, 0.5) is 5.95 Å². The summed E-state index contributed by atoms with van der Waals surface area (Å²) in [4.78, 5) is 0. The Balaban J connectivity index is 2.22. The summed E-state index contributed by atoms with van der Waals surface area (Å²) >= 11 is 0. The molecule has 1 N–H and O–H groups in total. The van der Waals surface area contributed by atoms with Gasteiger partial charge in [0.2, 0.25) is 5.95 Å². The molecule has 1 unspecified atom stereocenters. The summed E-state index contributed by atoms with van der Waals surface area (Å²) in [5, 5.41) is 11.6. The van der Waals surface area contributed by atoms with E-state index in [0.29, 0.717) is 5.92 Å². The molecule has 1 aromatic heterocycles. The van der Waals surface area contributed by atoms with Gasteiger partial charge in [-0.05, 0) is 20.3 Å². The van der Waals surface area contributed by atoms with Gasteiger partial charge in [-0.2, -0.15) is 0 Å². The molecule has 1 saturated heterocycles. The van der Waals surface area contributed by atoms with Crippen LogP contribution in [-0.2, 0) is 11.3 Å². The Labute approximate surface area is 89.8 Å². The third-order valence-corrected chi connectivity index (χ3v) is 2.73. The molecule has 5 nitrogen and oxygen atoms in total. The quantitative estimate of drug-likeness (QED) is 0.812. The van der Waals surface area contributed by atoms with Crippen molar-refractivity contribution in [2.24, 2.45) is 0 Å². The van der Waals surface area contributed by atoms with E-state index in [-0.39, 0.29) is 0 Å². The first-order chi connectivity index (χ1) is 7.36. The van der Waals surface area contributed by atoms with Crippen LogP contribution < -0.4 is 5.32 Å². The van der Waals surface area contributed by atoms with Crippen LogP contribution in [0.2, 0.25) is 0 Å². The monoisotopic (exact) mass is 210 g/mol. The van der Waals surface area contributed by atoms with Gasteiger partial charge in [-0.15, -0.1) is 10.2 Å². The molecule has 5 heteroatoms. The van der Waals surface area contributed by atoms with Crippen molar-refractivity contribution in [3.05, 3.63) is 5.82 Å². The second-order valence-electron chi connectivity index (χ2n) is 3.72. The molecular weight excluding hydrogens is 192 g/mol. The first kappa shape index (κ1) is 10.4. The van der Waals surface area contributed by atoms with E-state index in [9.17, 15) is 0 Å². The van der Waals surface area contributed by atoms with E-state index in [0.717, 1.165) is 44.5 Å². The molecule has 1 fully saturated rings. The van der Waals surface area contributed by atoms with Gasteiger partial charge in [-0.3, -0.25) is 4.57 Å². The molecule has 0 aromatic carbocycles. The van der Waals surface area contributed by atoms with Crippen LogP contribution in [0, 0.1) is 0 Å². The van der Waals surface area contributed by atoms with Gasteiger partial charge in [0.25, 0.3) is 0 Å². The third kappa shape index (κ3) is 1.97. The molecule has 15 heavy (non-hydrogen) atoms. The fraction of sp³-hybridized carbons (Fsp3) is 0.800. The minimum Gasteiger partial charge on any atom is -0.381 e. The van der Waals surface area contributed by atoms with Crippen LogP contribution in [0.1, 0.15) is 32.0 Å². The van der Waals surface area contributed by atoms with Gasteiger partial charge in [0.1, 0.15) is 5.82 Å². The Morgan fingerprint density at radius 2 is 2.33 bits per heavy atom. The molecule has 0 radical (unpaired) electrons. The zero-order chi connectivity index (χ0) is 10.7. The van der Waals surface area contributed by atoms with Crippen molar-refractivity contribution in [2.45, 2.75) is 32.7 Å². The lowest BCUT2D eigenvalue weighted by atomic mass is 10.1. The van der Waals surface area contributed by atoms with Crippen molar-refractivity contribution in [3.8, 4) is 0 Å². The smallest absolute Gasteiger partial charge is 0.224 e. The van der Waals surface area contributed by atoms with Gasteiger partial charge < -0.3 is 10.1 Å². The van der Waals surface area contributed by atoms with Crippen LogP contribution in [0.3, 0.4) is 0 Å². The predicted molar refractivity (Wildman–Crippen MR) is 58.0 cm³/mol. The van der Waals surface area contributed by atoms with Gasteiger partial charge >= 0.3 is 0 Å². The Morgan fingerprint density at radius 1 is 1.47 bits per heavy atom. The highest BCUT2D eigenvalue weighted by atomic mass is 16.5. The zero-order valence-corrected chi connectivity index (χ0v) is 9.36. The van der Waals surface area contributed by atoms with Crippen molar-refractivity contribution >= 4 is 5.95 Å². The summed E-state index contributed by atoms with van der Waals surface area (Å²) in [5.41, 5.74) is 0. The summed E-state index contributed by atoms with van der Waals surface area (Å²) in [7, 11) is 0. The SMILES string of the molecule is CCNc1nnc(C2CCOC2)n1CC. The highest BCUT2D eigenvalue weighted by Crippen LogP contribution is 2.25. The fourth-order valence-corrected chi connectivity index (χ4v) is 1.96. The average molecular weight is 210 g/mol. The number of anilines is 1. The predicted octanol–water partition coefficient (Wildman–Crippen LogP) is 1.23. The van der Waals surface area contributed by atoms with Gasteiger partial charge in [-0.25, -0.2) is 0 Å². The first-order valence-corrected chi connectivity index (χ1v) is 5.61. The Hall–Kier alpha value is -1.10. The highest BCUT2D eigenvalue weighted by molar-refractivity contribution is 5.26. The summed E-state index contributed by atoms with van der Waals surface area (Å²) in [6, 6.07) is 0. The molecule has 0 aliphatic carbocycles. The molecule has 0 spiro atoms. The van der Waals surface area contributed by atoms with Crippen molar-refractivity contribution in [1.82, 2.24) is 14.8 Å². The minimum absolute atomic E-state index is 0.421. The standard InChI is InChI=1S/C10H18N4O/c1-3-11-10-13-12-9(14(10)4-2)8-5-6-15-7-8/h8H,3-7H2,1-2H3,(H,11,13). The summed E-state index contributed by atoms with van der Waals surface area (Å²) in [5.74, 6) is 2.36. The fourth-order valence-electron chi connectivity index (χ4n) is 1.96. The third-order valence-electron chi connectivity index (χ3n) is 2.73. The van der Waals surface area contributed by atoms with Crippen molar-refractivity contribution in [2.75, 3.05) is 25.1 Å². The topological polar surface area (TPSA) is 52.0 Å². The molecule has 0 saturated carbocycles. The largest absolute Gasteiger partial charge is 0.381 e. The highest BCUT2D eigenvalue weighted by Gasteiger charge is 2.24. The van der Waals surface area contributed by atoms with E-state index in [1.54, 1.807) is 0 Å². The number of hydrogen-bond donors (Lipinski definition) is 1. The average Bonchev–Trinajstić information content (AvgIpc) is 2.85. The summed E-state index contributed by atoms with van der Waals surface area (Å²) in [6.07, 6.45) is 1.06. The molecule has 84 valence electrons. The molecule has 2 rings (SSSR count). The summed E-state index contributed by atoms with van der Waals surface area (Å²) < 4.78 is 7.52. The van der Waals surface area contributed by atoms with Crippen LogP contribution >= 0.6 is 0 Å². The minimum atomic E-state index is 0.421. The molecule has 0 bridgehead atoms. The lowest BCUT2D eigenvalue weighted by molar-refractivity contribution is 0.192. The van der Waals surface area contributed by atoms with Crippen molar-refractivity contribution in [3.63, 3.8) is 0 Å². The molecule has 1 aliphatic rings. The maximum Gasteiger partial charge on any atom is 0.224 e. The van der Waals surface area contributed by atoms with E-state index < -0.39 is 0 Å². The molecule has 1 aromatic rings. The van der Waals surface area contributed by atoms with Gasteiger partial charge in [0, 0.05) is 25.6 Å². The van der Waals surface area contributed by atoms with Crippen molar-refractivity contribution in [1.29, 1.82) is 0 Å². The van der Waals surface area contributed by atoms with E-state index >= 15 is 0 Å². The Kier molecular flexibility index (Phi) is 3.20. The van der Waals surface area contributed by atoms with Crippen LogP contribution in [0.25, 0.3) is 0 Å². The van der Waals surface area contributed by atoms with Gasteiger partial charge in [0.15, 0.2) is 0 Å². The second-order valence-corrected chi connectivity index (χ2v) is 3.72. The maximum absolute atomic E-state index is 5.38. The molecule has 0 amide bonds. The number of nitrogens with one attached hydrogen (secondary N) is 1. The normalized spacial score (nSPS) is 20.8. The van der Waals surface area contributed by atoms with Crippen LogP contribution in [0.15, 0.2) is 0 Å². The van der Waals surface area contributed by atoms with Gasteiger partial charge in [0.05, 0.1) is 6.61 Å². The van der Waals surface area contributed by atoms with Crippen LogP contribution in [0.5, 0.6) is 0 Å². The summed E-state index contributed by atoms with van der Waals surface area (Å²) in [6.45, 7) is 7.58. The van der Waals surface area contributed by atoms with E-state index in [1.807, 2.05) is 0 Å². The number of aromatic nitrogens is 3. The lowest BCUT2D eigenvalue weighted by Crippen LogP contribution is -2.11. The Bertz CT molecular complexity index is 317. The number of rotatable bonds is 4. The van der Waals surface area contributed by atoms with Crippen LogP contribution in [-0.4, -0.2) is 34.5 Å². The maximum atomic E-state index is 5.38. The van der Waals surface area contributed by atoms with E-state index in [1.165, 1.54) is 0 Å². The molecule has 1 aliphatic heterocycles. The molecule has 2 heterocycles. The number of hydrogen-bond acceptors (Lipinski definition) is 4. The molecule has 1 atom stereocenters. The van der Waals surface area contributed by atoms with E-state index in [2.05, 4.69) is 33.9 Å².